The Morgan fingerprint density at radius 1 is 1.21 bits per heavy atom. The minimum Gasteiger partial charge on any atom is -0.559 e. The molecule has 0 aliphatic heterocycles. The fourth-order valence-electron chi connectivity index (χ4n) is 1.50. The standard InChI is InChI=1S/C12H18OSi/c1-9-6-7-12(5-4-8-13-14)11(3)10(9)2/h4,6-8H,5H2,1-3,14H3. The molecular weight excluding hydrogens is 188 g/mol. The van der Waals surface area contributed by atoms with Gasteiger partial charge in [-0.25, -0.2) is 0 Å². The average Bonchev–Trinajstić information content (AvgIpc) is 2.18. The SMILES string of the molecule is Cc1ccc(CC=CO[SiH3])c(C)c1C. The highest BCUT2D eigenvalue weighted by molar-refractivity contribution is 5.98. The second-order valence-corrected chi connectivity index (χ2v) is 4.07. The number of allylic oxidation sites excluding steroid dienone is 1. The largest absolute Gasteiger partial charge is 0.559 e. The molecule has 0 aromatic heterocycles. The van der Waals surface area contributed by atoms with Gasteiger partial charge < -0.3 is 4.43 Å². The quantitative estimate of drug-likeness (QED) is 0.543. The van der Waals surface area contributed by atoms with Crippen molar-refractivity contribution >= 4 is 10.5 Å². The molecule has 0 bridgehead atoms. The first-order valence-electron chi connectivity index (χ1n) is 4.90. The third-order valence-electron chi connectivity index (χ3n) is 2.74. The molecule has 0 saturated heterocycles. The van der Waals surface area contributed by atoms with Gasteiger partial charge in [-0.05, 0) is 55.5 Å². The third-order valence-corrected chi connectivity index (χ3v) is 3.01. The van der Waals surface area contributed by atoms with Crippen LogP contribution in [-0.4, -0.2) is 10.5 Å². The molecule has 76 valence electrons. The summed E-state index contributed by atoms with van der Waals surface area (Å²) in [4.78, 5) is 0. The molecule has 0 heterocycles. The van der Waals surface area contributed by atoms with E-state index in [0.29, 0.717) is 0 Å². The molecular formula is C12H18OSi. The van der Waals surface area contributed by atoms with Gasteiger partial charge in [0.2, 0.25) is 10.5 Å². The lowest BCUT2D eigenvalue weighted by molar-refractivity contribution is 0.532. The molecule has 0 unspecified atom stereocenters. The molecule has 0 aliphatic carbocycles. The van der Waals surface area contributed by atoms with E-state index in [-0.39, 0.29) is 0 Å². The molecule has 0 N–H and O–H groups in total. The highest BCUT2D eigenvalue weighted by atomic mass is 28.2. The number of benzene rings is 1. The first kappa shape index (κ1) is 11.1. The van der Waals surface area contributed by atoms with E-state index >= 15 is 0 Å². The zero-order valence-electron chi connectivity index (χ0n) is 9.42. The molecule has 1 aromatic carbocycles. The third kappa shape index (κ3) is 2.48. The number of aryl methyl sites for hydroxylation is 1. The fraction of sp³-hybridized carbons (Fsp3) is 0.333. The van der Waals surface area contributed by atoms with Gasteiger partial charge in [0.05, 0.1) is 6.26 Å². The summed E-state index contributed by atoms with van der Waals surface area (Å²) in [6, 6.07) is 4.39. The summed E-state index contributed by atoms with van der Waals surface area (Å²) in [7, 11) is 0.774. The summed E-state index contributed by atoms with van der Waals surface area (Å²) in [6.07, 6.45) is 4.83. The Bertz CT molecular complexity index is 342. The van der Waals surface area contributed by atoms with Crippen molar-refractivity contribution in [3.05, 3.63) is 46.7 Å². The van der Waals surface area contributed by atoms with Crippen LogP contribution < -0.4 is 0 Å². The lowest BCUT2D eigenvalue weighted by Crippen LogP contribution is -1.93. The molecule has 0 fully saturated rings. The second-order valence-electron chi connectivity index (χ2n) is 3.60. The van der Waals surface area contributed by atoms with E-state index in [0.717, 1.165) is 16.9 Å². The van der Waals surface area contributed by atoms with E-state index in [1.165, 1.54) is 22.3 Å². The van der Waals surface area contributed by atoms with Gasteiger partial charge in [0.1, 0.15) is 0 Å². The summed E-state index contributed by atoms with van der Waals surface area (Å²) in [5, 5.41) is 0. The van der Waals surface area contributed by atoms with Gasteiger partial charge in [-0.2, -0.15) is 0 Å². The maximum absolute atomic E-state index is 5.02. The van der Waals surface area contributed by atoms with Gasteiger partial charge in [0, 0.05) is 0 Å². The van der Waals surface area contributed by atoms with E-state index in [1.807, 2.05) is 0 Å². The average molecular weight is 206 g/mol. The van der Waals surface area contributed by atoms with Crippen molar-refractivity contribution in [1.29, 1.82) is 0 Å². The smallest absolute Gasteiger partial charge is 0.203 e. The monoisotopic (exact) mass is 206 g/mol. The summed E-state index contributed by atoms with van der Waals surface area (Å²) in [5.74, 6) is 0. The van der Waals surface area contributed by atoms with Crippen LogP contribution in [0.25, 0.3) is 0 Å². The molecule has 0 aliphatic rings. The van der Waals surface area contributed by atoms with Gasteiger partial charge in [-0.1, -0.05) is 12.1 Å². The van der Waals surface area contributed by atoms with Crippen LogP contribution in [0.4, 0.5) is 0 Å². The number of hydrogen-bond donors (Lipinski definition) is 0. The summed E-state index contributed by atoms with van der Waals surface area (Å²) < 4.78 is 5.02. The van der Waals surface area contributed by atoms with Crippen LogP contribution in [0.15, 0.2) is 24.5 Å². The first-order valence-corrected chi connectivity index (χ1v) is 5.72. The normalized spacial score (nSPS) is 11.1. The molecule has 14 heavy (non-hydrogen) atoms. The van der Waals surface area contributed by atoms with Gasteiger partial charge in [-0.15, -0.1) is 0 Å². The highest BCUT2D eigenvalue weighted by Gasteiger charge is 2.01. The van der Waals surface area contributed by atoms with E-state index in [4.69, 9.17) is 4.43 Å². The van der Waals surface area contributed by atoms with Gasteiger partial charge >= 0.3 is 0 Å². The summed E-state index contributed by atoms with van der Waals surface area (Å²) in [5.41, 5.74) is 5.57. The molecule has 0 saturated carbocycles. The van der Waals surface area contributed by atoms with Gasteiger partial charge in [0.15, 0.2) is 0 Å². The summed E-state index contributed by atoms with van der Waals surface area (Å²) in [6.45, 7) is 6.52. The number of hydrogen-bond acceptors (Lipinski definition) is 1. The predicted molar refractivity (Wildman–Crippen MR) is 64.5 cm³/mol. The molecule has 0 atom stereocenters. The van der Waals surface area contributed by atoms with Gasteiger partial charge in [-0.3, -0.25) is 0 Å². The summed E-state index contributed by atoms with van der Waals surface area (Å²) >= 11 is 0. The molecule has 1 nitrogen and oxygen atoms in total. The van der Waals surface area contributed by atoms with Crippen LogP contribution in [0.3, 0.4) is 0 Å². The Kier molecular flexibility index (Phi) is 3.95. The maximum Gasteiger partial charge on any atom is 0.203 e. The first-order chi connectivity index (χ1) is 6.66. The van der Waals surface area contributed by atoms with E-state index < -0.39 is 0 Å². The van der Waals surface area contributed by atoms with E-state index in [1.54, 1.807) is 6.26 Å². The molecule has 0 amide bonds. The van der Waals surface area contributed by atoms with Crippen LogP contribution in [0.2, 0.25) is 0 Å². The Labute approximate surface area is 89.3 Å². The Balaban J connectivity index is 2.88. The number of rotatable bonds is 3. The lowest BCUT2D eigenvalue weighted by atomic mass is 9.97. The Hall–Kier alpha value is -1.02. The van der Waals surface area contributed by atoms with E-state index in [9.17, 15) is 0 Å². The Morgan fingerprint density at radius 2 is 1.93 bits per heavy atom. The molecule has 2 heteroatoms. The molecule has 1 aromatic rings. The second kappa shape index (κ2) is 5.01. The zero-order valence-corrected chi connectivity index (χ0v) is 11.4. The van der Waals surface area contributed by atoms with Crippen molar-refractivity contribution in [2.45, 2.75) is 27.2 Å². The highest BCUT2D eigenvalue weighted by Crippen LogP contribution is 2.17. The van der Waals surface area contributed by atoms with Crippen molar-refractivity contribution in [2.75, 3.05) is 0 Å². The fourth-order valence-corrected chi connectivity index (χ4v) is 1.70. The van der Waals surface area contributed by atoms with Crippen molar-refractivity contribution in [1.82, 2.24) is 0 Å². The van der Waals surface area contributed by atoms with Crippen LogP contribution in [-0.2, 0) is 10.8 Å². The van der Waals surface area contributed by atoms with Gasteiger partial charge in [0.25, 0.3) is 0 Å². The van der Waals surface area contributed by atoms with Crippen molar-refractivity contribution in [3.63, 3.8) is 0 Å². The van der Waals surface area contributed by atoms with Crippen molar-refractivity contribution < 1.29 is 4.43 Å². The Morgan fingerprint density at radius 3 is 2.57 bits per heavy atom. The van der Waals surface area contributed by atoms with Crippen LogP contribution >= 0.6 is 0 Å². The van der Waals surface area contributed by atoms with Crippen LogP contribution in [0.5, 0.6) is 0 Å². The maximum atomic E-state index is 5.02. The lowest BCUT2D eigenvalue weighted by Gasteiger charge is -2.09. The minimum atomic E-state index is 0.774. The van der Waals surface area contributed by atoms with Crippen molar-refractivity contribution in [2.24, 2.45) is 0 Å². The molecule has 0 radical (unpaired) electrons. The molecule has 1 rings (SSSR count). The van der Waals surface area contributed by atoms with Crippen molar-refractivity contribution in [3.8, 4) is 0 Å². The topological polar surface area (TPSA) is 9.23 Å². The molecule has 0 spiro atoms. The van der Waals surface area contributed by atoms with Crippen LogP contribution in [0, 0.1) is 20.8 Å². The van der Waals surface area contributed by atoms with Crippen LogP contribution in [0.1, 0.15) is 22.3 Å². The van der Waals surface area contributed by atoms with E-state index in [2.05, 4.69) is 39.0 Å². The predicted octanol–water partition coefficient (Wildman–Crippen LogP) is 1.97. The minimum absolute atomic E-state index is 0.774. The zero-order chi connectivity index (χ0) is 10.6.